The van der Waals surface area contributed by atoms with Gasteiger partial charge in [0.2, 0.25) is 5.91 Å². The second-order valence-electron chi connectivity index (χ2n) is 3.91. The minimum Gasteiger partial charge on any atom is -0.341 e. The van der Waals surface area contributed by atoms with Crippen molar-refractivity contribution in [2.75, 3.05) is 7.05 Å². The molecule has 0 aliphatic carbocycles. The maximum absolute atomic E-state index is 11.8. The summed E-state index contributed by atoms with van der Waals surface area (Å²) in [6, 6.07) is 1.57. The average molecular weight is 211 g/mol. The van der Waals surface area contributed by atoms with Crippen molar-refractivity contribution in [3.05, 3.63) is 0 Å². The van der Waals surface area contributed by atoms with Gasteiger partial charge in [0.15, 0.2) is 0 Å². The van der Waals surface area contributed by atoms with E-state index in [4.69, 9.17) is 11.0 Å². The molecule has 0 fully saturated rings. The topological polar surface area (TPSA) is 70.1 Å². The van der Waals surface area contributed by atoms with Crippen molar-refractivity contribution >= 4 is 5.91 Å². The van der Waals surface area contributed by atoms with Crippen LogP contribution in [0.4, 0.5) is 0 Å². The maximum atomic E-state index is 11.8. The molecule has 0 aromatic rings. The van der Waals surface area contributed by atoms with E-state index in [9.17, 15) is 4.79 Å². The Morgan fingerprint density at radius 1 is 1.60 bits per heavy atom. The van der Waals surface area contributed by atoms with Crippen molar-refractivity contribution in [3.8, 4) is 6.07 Å². The van der Waals surface area contributed by atoms with Crippen LogP contribution in [0, 0.1) is 11.3 Å². The number of unbranched alkanes of at least 4 members (excludes halogenated alkanes) is 1. The van der Waals surface area contributed by atoms with Gasteiger partial charge in [-0.1, -0.05) is 19.8 Å². The Balaban J connectivity index is 4.13. The molecule has 0 aliphatic heterocycles. The SMILES string of the molecule is CCCCC(N)C(=O)N(C)C(C)CC#N. The molecule has 2 unspecified atom stereocenters. The Morgan fingerprint density at radius 2 is 2.20 bits per heavy atom. The molecule has 86 valence electrons. The largest absolute Gasteiger partial charge is 0.341 e. The van der Waals surface area contributed by atoms with E-state index in [0.717, 1.165) is 19.3 Å². The van der Waals surface area contributed by atoms with Crippen LogP contribution in [0.2, 0.25) is 0 Å². The molecule has 0 aliphatic rings. The second kappa shape index (κ2) is 7.24. The van der Waals surface area contributed by atoms with E-state index >= 15 is 0 Å². The molecule has 0 heterocycles. The molecule has 1 amide bonds. The number of rotatable bonds is 6. The predicted octanol–water partition coefficient (Wildman–Crippen LogP) is 1.26. The molecule has 0 saturated carbocycles. The Labute approximate surface area is 92.0 Å². The van der Waals surface area contributed by atoms with Crippen LogP contribution in [0.5, 0.6) is 0 Å². The fourth-order valence-corrected chi connectivity index (χ4v) is 1.30. The fourth-order valence-electron chi connectivity index (χ4n) is 1.30. The monoisotopic (exact) mass is 211 g/mol. The number of hydrogen-bond donors (Lipinski definition) is 1. The molecule has 0 aromatic heterocycles. The normalized spacial score (nSPS) is 14.1. The first-order valence-corrected chi connectivity index (χ1v) is 5.43. The molecule has 4 nitrogen and oxygen atoms in total. The summed E-state index contributed by atoms with van der Waals surface area (Å²) in [6.07, 6.45) is 3.08. The van der Waals surface area contributed by atoms with E-state index in [0.29, 0.717) is 6.42 Å². The first-order valence-electron chi connectivity index (χ1n) is 5.43. The zero-order chi connectivity index (χ0) is 11.8. The lowest BCUT2D eigenvalue weighted by molar-refractivity contribution is -0.133. The van der Waals surface area contributed by atoms with Crippen LogP contribution < -0.4 is 5.73 Å². The van der Waals surface area contributed by atoms with E-state index in [2.05, 4.69) is 13.0 Å². The van der Waals surface area contributed by atoms with Crippen molar-refractivity contribution in [2.45, 2.75) is 51.6 Å². The van der Waals surface area contributed by atoms with E-state index < -0.39 is 6.04 Å². The number of carbonyl (C=O) groups is 1. The second-order valence-corrected chi connectivity index (χ2v) is 3.91. The average Bonchev–Trinajstić information content (AvgIpc) is 2.24. The lowest BCUT2D eigenvalue weighted by Gasteiger charge is -2.25. The smallest absolute Gasteiger partial charge is 0.239 e. The molecule has 4 heteroatoms. The van der Waals surface area contributed by atoms with Crippen LogP contribution in [0.15, 0.2) is 0 Å². The summed E-state index contributed by atoms with van der Waals surface area (Å²) in [6.45, 7) is 3.92. The van der Waals surface area contributed by atoms with E-state index in [-0.39, 0.29) is 11.9 Å². The number of nitriles is 1. The summed E-state index contributed by atoms with van der Waals surface area (Å²) >= 11 is 0. The summed E-state index contributed by atoms with van der Waals surface area (Å²) in [4.78, 5) is 13.3. The van der Waals surface area contributed by atoms with Crippen LogP contribution >= 0.6 is 0 Å². The van der Waals surface area contributed by atoms with Gasteiger partial charge in [0.1, 0.15) is 0 Å². The third kappa shape index (κ3) is 4.80. The van der Waals surface area contributed by atoms with Crippen molar-refractivity contribution in [2.24, 2.45) is 5.73 Å². The van der Waals surface area contributed by atoms with Gasteiger partial charge in [0.25, 0.3) is 0 Å². The molecule has 2 atom stereocenters. The van der Waals surface area contributed by atoms with Crippen LogP contribution in [-0.4, -0.2) is 29.9 Å². The third-order valence-electron chi connectivity index (χ3n) is 2.58. The van der Waals surface area contributed by atoms with Gasteiger partial charge in [-0.05, 0) is 13.3 Å². The zero-order valence-electron chi connectivity index (χ0n) is 9.86. The first kappa shape index (κ1) is 13.9. The van der Waals surface area contributed by atoms with Crippen molar-refractivity contribution in [3.63, 3.8) is 0 Å². The third-order valence-corrected chi connectivity index (χ3v) is 2.58. The van der Waals surface area contributed by atoms with Gasteiger partial charge in [-0.2, -0.15) is 5.26 Å². The van der Waals surface area contributed by atoms with Gasteiger partial charge >= 0.3 is 0 Å². The van der Waals surface area contributed by atoms with Crippen LogP contribution in [0.25, 0.3) is 0 Å². The highest BCUT2D eigenvalue weighted by molar-refractivity contribution is 5.81. The van der Waals surface area contributed by atoms with Crippen molar-refractivity contribution in [1.82, 2.24) is 4.90 Å². The molecular formula is C11H21N3O. The predicted molar refractivity (Wildman–Crippen MR) is 60.0 cm³/mol. The number of hydrogen-bond acceptors (Lipinski definition) is 3. The van der Waals surface area contributed by atoms with Gasteiger partial charge in [0.05, 0.1) is 18.5 Å². The Kier molecular flexibility index (Phi) is 6.72. The minimum absolute atomic E-state index is 0.0600. The zero-order valence-corrected chi connectivity index (χ0v) is 9.86. The summed E-state index contributed by atoms with van der Waals surface area (Å²) < 4.78 is 0. The molecule has 0 spiro atoms. The van der Waals surface area contributed by atoms with Gasteiger partial charge in [0, 0.05) is 13.1 Å². The molecule has 0 radical (unpaired) electrons. The molecule has 0 rings (SSSR count). The molecule has 0 bridgehead atoms. The molecule has 15 heavy (non-hydrogen) atoms. The highest BCUT2D eigenvalue weighted by atomic mass is 16.2. The number of likely N-dealkylation sites (N-methyl/N-ethyl adjacent to an activating group) is 1. The first-order chi connectivity index (χ1) is 7.04. The van der Waals surface area contributed by atoms with Crippen LogP contribution in [0.3, 0.4) is 0 Å². The Morgan fingerprint density at radius 3 is 2.67 bits per heavy atom. The molecule has 0 saturated heterocycles. The summed E-state index contributed by atoms with van der Waals surface area (Å²) in [5.74, 6) is -0.0637. The molecular weight excluding hydrogens is 190 g/mol. The molecule has 0 aromatic carbocycles. The summed E-state index contributed by atoms with van der Waals surface area (Å²) in [5, 5.41) is 8.53. The highest BCUT2D eigenvalue weighted by Crippen LogP contribution is 2.06. The quantitative estimate of drug-likeness (QED) is 0.719. The van der Waals surface area contributed by atoms with E-state index in [1.165, 1.54) is 0 Å². The highest BCUT2D eigenvalue weighted by Gasteiger charge is 2.21. The fraction of sp³-hybridized carbons (Fsp3) is 0.818. The van der Waals surface area contributed by atoms with Gasteiger partial charge in [-0.25, -0.2) is 0 Å². The Hall–Kier alpha value is -1.08. The number of amides is 1. The van der Waals surface area contributed by atoms with Crippen LogP contribution in [0.1, 0.15) is 39.5 Å². The van der Waals surface area contributed by atoms with E-state index in [1.807, 2.05) is 6.92 Å². The minimum atomic E-state index is -0.420. The van der Waals surface area contributed by atoms with E-state index in [1.54, 1.807) is 11.9 Å². The van der Waals surface area contributed by atoms with Gasteiger partial charge in [-0.15, -0.1) is 0 Å². The van der Waals surface area contributed by atoms with Gasteiger partial charge in [-0.3, -0.25) is 4.79 Å². The van der Waals surface area contributed by atoms with Crippen LogP contribution in [-0.2, 0) is 4.79 Å². The van der Waals surface area contributed by atoms with Crippen molar-refractivity contribution < 1.29 is 4.79 Å². The maximum Gasteiger partial charge on any atom is 0.239 e. The number of carbonyl (C=O) groups excluding carboxylic acids is 1. The lowest BCUT2D eigenvalue weighted by Crippen LogP contribution is -2.45. The standard InChI is InChI=1S/C11H21N3O/c1-4-5-6-10(13)11(15)14(3)9(2)7-8-12/h9-10H,4-7,13H2,1-3H3. The van der Waals surface area contributed by atoms with Gasteiger partial charge < -0.3 is 10.6 Å². The van der Waals surface area contributed by atoms with Crippen molar-refractivity contribution in [1.29, 1.82) is 5.26 Å². The number of nitrogens with two attached hydrogens (primary N) is 1. The summed E-state index contributed by atoms with van der Waals surface area (Å²) in [5.41, 5.74) is 5.76. The summed E-state index contributed by atoms with van der Waals surface area (Å²) in [7, 11) is 1.70. The Bertz CT molecular complexity index is 234. The molecule has 2 N–H and O–H groups in total. The lowest BCUT2D eigenvalue weighted by atomic mass is 10.1. The number of nitrogens with zero attached hydrogens (tertiary/aromatic N) is 2.